The number of rotatable bonds is 4. The molecule has 158 valence electrons. The predicted octanol–water partition coefficient (Wildman–Crippen LogP) is 3.15. The average molecular weight is 410 g/mol. The van der Waals surface area contributed by atoms with Gasteiger partial charge >= 0.3 is 5.97 Å². The molecule has 0 unspecified atom stereocenters. The number of hydrogen-bond donors (Lipinski definition) is 2. The molecule has 1 fully saturated rings. The molecule has 30 heavy (non-hydrogen) atoms. The zero-order valence-electron chi connectivity index (χ0n) is 17.0. The van der Waals surface area contributed by atoms with Crippen LogP contribution in [0, 0.1) is 12.8 Å². The molecular weight excluding hydrogens is 384 g/mol. The molecule has 1 amide bonds. The zero-order valence-corrected chi connectivity index (χ0v) is 17.0. The summed E-state index contributed by atoms with van der Waals surface area (Å²) in [6, 6.07) is 6.20. The van der Waals surface area contributed by atoms with Crippen LogP contribution in [0.15, 0.2) is 24.5 Å². The topological polar surface area (TPSA) is 119 Å². The van der Waals surface area contributed by atoms with Crippen LogP contribution in [-0.4, -0.2) is 40.1 Å². The number of aromatic nitrogens is 2. The lowest BCUT2D eigenvalue weighted by Gasteiger charge is -2.29. The Morgan fingerprint density at radius 3 is 2.73 bits per heavy atom. The third-order valence-electron chi connectivity index (χ3n) is 6.15. The number of ether oxygens (including phenoxy) is 1. The highest BCUT2D eigenvalue weighted by Gasteiger charge is 2.30. The second kappa shape index (κ2) is 8.30. The van der Waals surface area contributed by atoms with Gasteiger partial charge in [-0.05, 0) is 61.6 Å². The fraction of sp³-hybridized carbons (Fsp3) is 0.455. The van der Waals surface area contributed by atoms with Crippen molar-refractivity contribution in [2.24, 2.45) is 5.92 Å². The van der Waals surface area contributed by atoms with Gasteiger partial charge in [0.2, 0.25) is 5.88 Å². The van der Waals surface area contributed by atoms with Crippen molar-refractivity contribution in [1.82, 2.24) is 9.97 Å². The van der Waals surface area contributed by atoms with Gasteiger partial charge in [-0.3, -0.25) is 9.59 Å². The lowest BCUT2D eigenvalue weighted by Crippen LogP contribution is -2.33. The van der Waals surface area contributed by atoms with E-state index in [0.29, 0.717) is 19.1 Å². The van der Waals surface area contributed by atoms with E-state index in [4.69, 9.17) is 15.6 Å². The summed E-state index contributed by atoms with van der Waals surface area (Å²) in [5, 5.41) is 9.00. The average Bonchev–Trinajstić information content (AvgIpc) is 2.88. The van der Waals surface area contributed by atoms with Crippen LogP contribution in [0.3, 0.4) is 0 Å². The molecule has 1 saturated carbocycles. The Bertz CT molecular complexity index is 970. The number of amides is 1. The normalized spacial score (nSPS) is 21.5. The molecule has 2 heterocycles. The Kier molecular flexibility index (Phi) is 5.57. The van der Waals surface area contributed by atoms with Crippen molar-refractivity contribution >= 4 is 23.4 Å². The molecule has 1 aromatic carbocycles. The largest absolute Gasteiger partial charge is 0.481 e. The van der Waals surface area contributed by atoms with Gasteiger partial charge < -0.3 is 20.5 Å². The van der Waals surface area contributed by atoms with E-state index in [2.05, 4.69) is 22.1 Å². The Morgan fingerprint density at radius 2 is 2.03 bits per heavy atom. The maximum absolute atomic E-state index is 13.2. The molecule has 0 spiro atoms. The Hall–Kier alpha value is -3.16. The van der Waals surface area contributed by atoms with Gasteiger partial charge in [-0.1, -0.05) is 12.1 Å². The van der Waals surface area contributed by atoms with Gasteiger partial charge in [0.05, 0.1) is 6.54 Å². The van der Waals surface area contributed by atoms with E-state index < -0.39 is 5.97 Å². The van der Waals surface area contributed by atoms with E-state index in [0.717, 1.165) is 36.9 Å². The molecule has 0 bridgehead atoms. The number of aliphatic carboxylic acids is 1. The van der Waals surface area contributed by atoms with Gasteiger partial charge in [0.1, 0.15) is 24.3 Å². The molecule has 1 aliphatic carbocycles. The number of carbonyl (C=O) groups is 2. The predicted molar refractivity (Wildman–Crippen MR) is 112 cm³/mol. The number of nitrogen functional groups attached to an aromatic ring is 1. The molecule has 2 aliphatic rings. The molecule has 1 aliphatic heterocycles. The van der Waals surface area contributed by atoms with Crippen LogP contribution in [0.2, 0.25) is 0 Å². The van der Waals surface area contributed by atoms with E-state index in [9.17, 15) is 9.59 Å². The van der Waals surface area contributed by atoms with E-state index >= 15 is 0 Å². The number of carboxylic acids is 1. The van der Waals surface area contributed by atoms with Gasteiger partial charge in [0.25, 0.3) is 5.91 Å². The first-order valence-electron chi connectivity index (χ1n) is 10.3. The van der Waals surface area contributed by atoms with Crippen LogP contribution >= 0.6 is 0 Å². The molecule has 1 aromatic heterocycles. The standard InChI is InChI=1S/C22H26N4O4/c1-13-10-16(15-4-2-14(3-5-15)11-18(27)28)6-7-17(13)26-8-9-30-21-19(22(26)29)20(23)24-12-25-21/h6-7,10,12,14-15H,2-5,8-9,11H2,1H3,(H,27,28)(H2,23,24,25). The summed E-state index contributed by atoms with van der Waals surface area (Å²) >= 11 is 0. The first kappa shape index (κ1) is 20.1. The van der Waals surface area contributed by atoms with Crippen LogP contribution in [0.5, 0.6) is 5.88 Å². The number of aryl methyl sites for hydroxylation is 1. The van der Waals surface area contributed by atoms with Crippen molar-refractivity contribution in [3.05, 3.63) is 41.2 Å². The SMILES string of the molecule is Cc1cc(C2CCC(CC(=O)O)CC2)ccc1N1CCOc2ncnc(N)c2C1=O. The zero-order chi connectivity index (χ0) is 21.3. The second-order valence-corrected chi connectivity index (χ2v) is 8.11. The minimum Gasteiger partial charge on any atom is -0.481 e. The molecular formula is C22H26N4O4. The van der Waals surface area contributed by atoms with Crippen LogP contribution < -0.4 is 15.4 Å². The fourth-order valence-corrected chi connectivity index (χ4v) is 4.57. The molecule has 0 saturated heterocycles. The van der Waals surface area contributed by atoms with Crippen LogP contribution in [-0.2, 0) is 4.79 Å². The van der Waals surface area contributed by atoms with Crippen LogP contribution in [0.25, 0.3) is 0 Å². The van der Waals surface area contributed by atoms with Gasteiger partial charge in [-0.25, -0.2) is 9.97 Å². The highest BCUT2D eigenvalue weighted by Crippen LogP contribution is 2.38. The van der Waals surface area contributed by atoms with Crippen molar-refractivity contribution in [2.75, 3.05) is 23.8 Å². The smallest absolute Gasteiger partial charge is 0.303 e. The highest BCUT2D eigenvalue weighted by molar-refractivity contribution is 6.11. The van der Waals surface area contributed by atoms with Gasteiger partial charge in [0.15, 0.2) is 0 Å². The number of fused-ring (bicyclic) bond motifs is 1. The first-order valence-corrected chi connectivity index (χ1v) is 10.3. The number of anilines is 2. The van der Waals surface area contributed by atoms with Crippen LogP contribution in [0.1, 0.15) is 59.5 Å². The number of nitrogens with zero attached hydrogens (tertiary/aromatic N) is 3. The maximum atomic E-state index is 13.2. The Morgan fingerprint density at radius 1 is 1.27 bits per heavy atom. The molecule has 2 aromatic rings. The second-order valence-electron chi connectivity index (χ2n) is 8.11. The first-order chi connectivity index (χ1) is 14.4. The summed E-state index contributed by atoms with van der Waals surface area (Å²) in [7, 11) is 0. The number of benzene rings is 1. The number of nitrogens with two attached hydrogens (primary N) is 1. The summed E-state index contributed by atoms with van der Waals surface area (Å²) in [6.07, 6.45) is 5.43. The summed E-state index contributed by atoms with van der Waals surface area (Å²) < 4.78 is 5.61. The Balaban J connectivity index is 1.53. The van der Waals surface area contributed by atoms with E-state index in [1.54, 1.807) is 4.90 Å². The quantitative estimate of drug-likeness (QED) is 0.795. The summed E-state index contributed by atoms with van der Waals surface area (Å²) in [6.45, 7) is 2.72. The highest BCUT2D eigenvalue weighted by atomic mass is 16.5. The van der Waals surface area contributed by atoms with E-state index in [1.807, 2.05) is 13.0 Å². The van der Waals surface area contributed by atoms with Gasteiger partial charge in [0, 0.05) is 12.1 Å². The van der Waals surface area contributed by atoms with E-state index in [-0.39, 0.29) is 35.5 Å². The minimum atomic E-state index is -0.711. The monoisotopic (exact) mass is 410 g/mol. The summed E-state index contributed by atoms with van der Waals surface area (Å²) in [4.78, 5) is 33.8. The summed E-state index contributed by atoms with van der Waals surface area (Å²) in [5.74, 6) is 0.0759. The Labute approximate surface area is 175 Å². The third kappa shape index (κ3) is 3.94. The lowest BCUT2D eigenvalue weighted by atomic mass is 9.77. The van der Waals surface area contributed by atoms with Crippen LogP contribution in [0.4, 0.5) is 11.5 Å². The molecule has 8 nitrogen and oxygen atoms in total. The molecule has 0 radical (unpaired) electrons. The van der Waals surface area contributed by atoms with Crippen molar-refractivity contribution in [3.63, 3.8) is 0 Å². The third-order valence-corrected chi connectivity index (χ3v) is 6.15. The maximum Gasteiger partial charge on any atom is 0.303 e. The fourth-order valence-electron chi connectivity index (χ4n) is 4.57. The molecule has 3 N–H and O–H groups in total. The molecule has 4 rings (SSSR count). The van der Waals surface area contributed by atoms with Crippen molar-refractivity contribution in [3.8, 4) is 5.88 Å². The lowest BCUT2D eigenvalue weighted by molar-refractivity contribution is -0.138. The number of carboxylic acid groups (broad SMARTS) is 1. The number of carbonyl (C=O) groups excluding carboxylic acids is 1. The minimum absolute atomic E-state index is 0.115. The molecule has 8 heteroatoms. The van der Waals surface area contributed by atoms with E-state index in [1.165, 1.54) is 11.9 Å². The van der Waals surface area contributed by atoms with Crippen molar-refractivity contribution < 1.29 is 19.4 Å². The van der Waals surface area contributed by atoms with Crippen molar-refractivity contribution in [1.29, 1.82) is 0 Å². The van der Waals surface area contributed by atoms with Gasteiger partial charge in [-0.15, -0.1) is 0 Å². The summed E-state index contributed by atoms with van der Waals surface area (Å²) in [5.41, 5.74) is 9.20. The van der Waals surface area contributed by atoms with Crippen molar-refractivity contribution in [2.45, 2.75) is 44.9 Å². The van der Waals surface area contributed by atoms with Gasteiger partial charge in [-0.2, -0.15) is 0 Å². The number of hydrogen-bond acceptors (Lipinski definition) is 6. The molecule has 0 atom stereocenters.